The van der Waals surface area contributed by atoms with Crippen molar-refractivity contribution in [3.05, 3.63) is 0 Å². The van der Waals surface area contributed by atoms with Gasteiger partial charge in [0, 0.05) is 6.42 Å². The van der Waals surface area contributed by atoms with Crippen LogP contribution in [-0.4, -0.2) is 12.1 Å². The zero-order chi connectivity index (χ0) is 6.57. The van der Waals surface area contributed by atoms with Crippen LogP contribution in [0.5, 0.6) is 0 Å². The van der Waals surface area contributed by atoms with E-state index in [0.29, 0.717) is 6.42 Å². The first-order chi connectivity index (χ1) is 3.66. The second-order valence-electron chi connectivity index (χ2n) is 1.89. The standard InChI is InChI=1S/C6H12O2.Co/c1-4-6(7)8-5(2)3;/h5H,4H2,1-3H3;/q;+3. The Bertz CT molecular complexity index is 81.1. The number of hydrogen-bond acceptors (Lipinski definition) is 2. The smallest absolute Gasteiger partial charge is 0.463 e. The number of carbonyl (C=O) groups excluding carboxylic acids is 1. The van der Waals surface area contributed by atoms with Gasteiger partial charge >= 0.3 is 22.7 Å². The van der Waals surface area contributed by atoms with E-state index in [0.717, 1.165) is 0 Å². The van der Waals surface area contributed by atoms with Gasteiger partial charge in [-0.1, -0.05) is 6.92 Å². The van der Waals surface area contributed by atoms with Crippen molar-refractivity contribution in [3.63, 3.8) is 0 Å². The fourth-order valence-corrected chi connectivity index (χ4v) is 0.346. The molecule has 3 heteroatoms. The Labute approximate surface area is 66.2 Å². The molecule has 0 aliphatic heterocycles. The molecule has 9 heavy (non-hydrogen) atoms. The van der Waals surface area contributed by atoms with Gasteiger partial charge in [-0.05, 0) is 13.8 Å². The molecule has 0 aromatic heterocycles. The van der Waals surface area contributed by atoms with Crippen LogP contribution in [0.3, 0.4) is 0 Å². The Hall–Kier alpha value is -0.0235. The summed E-state index contributed by atoms with van der Waals surface area (Å²) in [5.74, 6) is -0.125. The molecule has 0 aliphatic rings. The van der Waals surface area contributed by atoms with E-state index < -0.39 is 0 Å². The van der Waals surface area contributed by atoms with Gasteiger partial charge in [0.25, 0.3) is 0 Å². The molecule has 0 amide bonds. The first-order valence-corrected chi connectivity index (χ1v) is 2.86. The van der Waals surface area contributed by atoms with E-state index in [1.54, 1.807) is 6.92 Å². The normalized spacial score (nSPS) is 8.44. The Kier molecular flexibility index (Phi) is 7.96. The van der Waals surface area contributed by atoms with Crippen molar-refractivity contribution in [1.82, 2.24) is 0 Å². The molecular weight excluding hydrogens is 163 g/mol. The van der Waals surface area contributed by atoms with Crippen molar-refractivity contribution in [2.75, 3.05) is 0 Å². The van der Waals surface area contributed by atoms with Crippen LogP contribution in [0.2, 0.25) is 0 Å². The number of hydrogen-bond donors (Lipinski definition) is 0. The summed E-state index contributed by atoms with van der Waals surface area (Å²) in [5.41, 5.74) is 0. The second-order valence-corrected chi connectivity index (χ2v) is 1.89. The van der Waals surface area contributed by atoms with E-state index in [2.05, 4.69) is 0 Å². The third-order valence-electron chi connectivity index (χ3n) is 0.656. The minimum Gasteiger partial charge on any atom is -0.463 e. The zero-order valence-corrected chi connectivity index (χ0v) is 6.98. The predicted octanol–water partition coefficient (Wildman–Crippen LogP) is 1.35. The second kappa shape index (κ2) is 6.10. The molecular formula is C6H12CoO2+3. The molecule has 2 nitrogen and oxygen atoms in total. The molecule has 54 valence electrons. The Morgan fingerprint density at radius 2 is 2.00 bits per heavy atom. The maximum absolute atomic E-state index is 10.4. The molecule has 0 bridgehead atoms. The van der Waals surface area contributed by atoms with Gasteiger partial charge in [-0.25, -0.2) is 0 Å². The summed E-state index contributed by atoms with van der Waals surface area (Å²) in [7, 11) is 0. The van der Waals surface area contributed by atoms with E-state index in [1.165, 1.54) is 0 Å². The van der Waals surface area contributed by atoms with Gasteiger partial charge in [-0.3, -0.25) is 4.79 Å². The molecule has 0 saturated heterocycles. The van der Waals surface area contributed by atoms with Gasteiger partial charge in [0.15, 0.2) is 0 Å². The summed E-state index contributed by atoms with van der Waals surface area (Å²) in [4.78, 5) is 10.4. The van der Waals surface area contributed by atoms with Crippen molar-refractivity contribution in [2.45, 2.75) is 33.3 Å². The first kappa shape index (κ1) is 11.7. The van der Waals surface area contributed by atoms with Crippen molar-refractivity contribution in [2.24, 2.45) is 0 Å². The first-order valence-electron chi connectivity index (χ1n) is 2.86. The van der Waals surface area contributed by atoms with Crippen LogP contribution >= 0.6 is 0 Å². The van der Waals surface area contributed by atoms with Crippen molar-refractivity contribution >= 4 is 5.97 Å². The molecule has 0 heterocycles. The van der Waals surface area contributed by atoms with Crippen LogP contribution in [0.15, 0.2) is 0 Å². The van der Waals surface area contributed by atoms with Crippen LogP contribution in [0, 0.1) is 0 Å². The maximum Gasteiger partial charge on any atom is 3.00 e. The van der Waals surface area contributed by atoms with E-state index >= 15 is 0 Å². The van der Waals surface area contributed by atoms with E-state index in [-0.39, 0.29) is 28.9 Å². The summed E-state index contributed by atoms with van der Waals surface area (Å²) < 4.78 is 4.76. The fraction of sp³-hybridized carbons (Fsp3) is 0.833. The van der Waals surface area contributed by atoms with E-state index in [9.17, 15) is 4.79 Å². The van der Waals surface area contributed by atoms with Gasteiger partial charge in [-0.15, -0.1) is 0 Å². The summed E-state index contributed by atoms with van der Waals surface area (Å²) in [5, 5.41) is 0. The summed E-state index contributed by atoms with van der Waals surface area (Å²) in [6.45, 7) is 5.46. The number of ether oxygens (including phenoxy) is 1. The number of esters is 1. The van der Waals surface area contributed by atoms with Gasteiger partial charge in [0.05, 0.1) is 6.10 Å². The van der Waals surface area contributed by atoms with Crippen molar-refractivity contribution < 1.29 is 26.3 Å². The van der Waals surface area contributed by atoms with E-state index in [1.807, 2.05) is 13.8 Å². The Morgan fingerprint density at radius 3 is 2.11 bits per heavy atom. The average molecular weight is 175 g/mol. The van der Waals surface area contributed by atoms with Gasteiger partial charge in [0.1, 0.15) is 0 Å². The molecule has 0 unspecified atom stereocenters. The SMILES string of the molecule is CCC(=O)OC(C)C.[Co+3]. The molecule has 0 rings (SSSR count). The van der Waals surface area contributed by atoms with Gasteiger partial charge in [0.2, 0.25) is 0 Å². The molecule has 0 spiro atoms. The molecule has 0 aromatic carbocycles. The molecule has 0 saturated carbocycles. The van der Waals surface area contributed by atoms with Crippen LogP contribution in [0.25, 0.3) is 0 Å². The zero-order valence-electron chi connectivity index (χ0n) is 5.93. The fourth-order valence-electron chi connectivity index (χ4n) is 0.346. The third-order valence-corrected chi connectivity index (χ3v) is 0.656. The molecule has 0 radical (unpaired) electrons. The number of rotatable bonds is 2. The Morgan fingerprint density at radius 1 is 1.56 bits per heavy atom. The third kappa shape index (κ3) is 7.98. The van der Waals surface area contributed by atoms with Crippen LogP contribution < -0.4 is 0 Å². The molecule has 0 N–H and O–H groups in total. The largest absolute Gasteiger partial charge is 3.00 e. The molecule has 0 aliphatic carbocycles. The number of carbonyl (C=O) groups is 1. The van der Waals surface area contributed by atoms with Crippen molar-refractivity contribution in [3.8, 4) is 0 Å². The molecule has 0 atom stereocenters. The predicted molar refractivity (Wildman–Crippen MR) is 31.5 cm³/mol. The molecule has 0 aromatic rings. The molecule has 0 fully saturated rings. The Balaban J connectivity index is 0. The summed E-state index contributed by atoms with van der Waals surface area (Å²) >= 11 is 0. The van der Waals surface area contributed by atoms with Gasteiger partial charge < -0.3 is 4.74 Å². The monoisotopic (exact) mass is 175 g/mol. The minimum atomic E-state index is -0.125. The summed E-state index contributed by atoms with van der Waals surface area (Å²) in [6, 6.07) is 0. The minimum absolute atomic E-state index is 0. The van der Waals surface area contributed by atoms with Crippen LogP contribution in [0.1, 0.15) is 27.2 Å². The van der Waals surface area contributed by atoms with Crippen molar-refractivity contribution in [1.29, 1.82) is 0 Å². The summed E-state index contributed by atoms with van der Waals surface area (Å²) in [6.07, 6.45) is 0.500. The van der Waals surface area contributed by atoms with E-state index in [4.69, 9.17) is 4.74 Å². The average Bonchev–Trinajstić information content (AvgIpc) is 1.65. The van der Waals surface area contributed by atoms with Gasteiger partial charge in [-0.2, -0.15) is 0 Å². The van der Waals surface area contributed by atoms with Crippen LogP contribution in [0.4, 0.5) is 0 Å². The maximum atomic E-state index is 10.4. The quantitative estimate of drug-likeness (QED) is 0.592. The van der Waals surface area contributed by atoms with Crippen LogP contribution in [-0.2, 0) is 26.3 Å². The topological polar surface area (TPSA) is 26.3 Å².